The summed E-state index contributed by atoms with van der Waals surface area (Å²) in [6.07, 6.45) is 8.84. The Kier molecular flexibility index (Phi) is 12.0. The topological polar surface area (TPSA) is 92.6 Å². The molecule has 2 N–H and O–H groups in total. The van der Waals surface area contributed by atoms with Gasteiger partial charge in [-0.3, -0.25) is 0 Å². The smallest absolute Gasteiger partial charge is 0.244 e. The Hall–Kier alpha value is -8.64. The lowest BCUT2D eigenvalue weighted by molar-refractivity contribution is -0.660. The van der Waals surface area contributed by atoms with E-state index in [0.29, 0.717) is 0 Å². The molecule has 0 fully saturated rings. The first-order chi connectivity index (χ1) is 39.5. The molecule has 0 amide bonds. The number of hydrogen-bond donors (Lipinski definition) is 2. The van der Waals surface area contributed by atoms with Crippen molar-refractivity contribution in [2.45, 2.75) is 105 Å². The van der Waals surface area contributed by atoms with Crippen molar-refractivity contribution in [3.63, 3.8) is 0 Å². The summed E-state index contributed by atoms with van der Waals surface area (Å²) in [7, 11) is 17.4. The summed E-state index contributed by atoms with van der Waals surface area (Å²) in [5.41, 5.74) is 28.9. The minimum Gasteiger partial charge on any atom is -0.347 e. The van der Waals surface area contributed by atoms with Crippen LogP contribution in [0.4, 0.5) is 0 Å². The number of rotatable bonds is 4. The highest BCUT2D eigenvalue weighted by Gasteiger charge is 2.41. The third-order valence-electron chi connectivity index (χ3n) is 18.0. The van der Waals surface area contributed by atoms with Gasteiger partial charge in [0.25, 0.3) is 0 Å². The molecule has 12 heteroatoms. The van der Waals surface area contributed by atoms with Gasteiger partial charge in [0.1, 0.15) is 44.8 Å². The Balaban J connectivity index is 1.38. The molecular formula is C72H82N12+4. The van der Waals surface area contributed by atoms with E-state index < -0.39 is 0 Å². The van der Waals surface area contributed by atoms with Gasteiger partial charge in [-0.2, -0.15) is 0 Å². The molecule has 8 heterocycles. The highest BCUT2D eigenvalue weighted by Crippen LogP contribution is 2.51. The largest absolute Gasteiger partial charge is 0.347 e. The van der Waals surface area contributed by atoms with Gasteiger partial charge >= 0.3 is 0 Å². The Morgan fingerprint density at radius 3 is 0.857 bits per heavy atom. The lowest BCUT2D eigenvalue weighted by atomic mass is 9.86. The summed E-state index contributed by atoms with van der Waals surface area (Å²) in [4.78, 5) is 21.0. The van der Waals surface area contributed by atoms with Gasteiger partial charge in [-0.1, -0.05) is 180 Å². The average molecular weight is 1120 g/mol. The lowest BCUT2D eigenvalue weighted by Crippen LogP contribution is -2.28. The molecule has 426 valence electrons. The third-order valence-corrected chi connectivity index (χ3v) is 18.0. The molecule has 0 unspecified atom stereocenters. The van der Waals surface area contributed by atoms with Gasteiger partial charge in [-0.25, -0.2) is 46.5 Å². The maximum absolute atomic E-state index is 6.18. The van der Waals surface area contributed by atoms with Crippen LogP contribution in [0, 0.1) is 0 Å². The number of H-pyrrole nitrogens is 2. The first-order valence-corrected chi connectivity index (χ1v) is 29.6. The highest BCUT2D eigenvalue weighted by atomic mass is 15.2. The van der Waals surface area contributed by atoms with Crippen molar-refractivity contribution in [1.29, 1.82) is 0 Å². The monoisotopic (exact) mass is 1110 g/mol. The fourth-order valence-corrected chi connectivity index (χ4v) is 13.6. The number of nitrogens with one attached hydrogen (secondary N) is 2. The number of aromatic amines is 2. The van der Waals surface area contributed by atoms with Crippen LogP contribution in [0.3, 0.4) is 0 Å². The van der Waals surface area contributed by atoms with E-state index in [1.54, 1.807) is 0 Å². The second-order valence-corrected chi connectivity index (χ2v) is 28.3. The van der Waals surface area contributed by atoms with Crippen LogP contribution in [0.2, 0.25) is 0 Å². The molecule has 10 aromatic rings. The molecule has 0 saturated heterocycles. The van der Waals surface area contributed by atoms with Crippen LogP contribution in [0.15, 0.2) is 122 Å². The van der Waals surface area contributed by atoms with Gasteiger partial charge < -0.3 is 9.97 Å². The maximum Gasteiger partial charge on any atom is 0.244 e. The predicted octanol–water partition coefficient (Wildman–Crippen LogP) is 13.8. The summed E-state index contributed by atoms with van der Waals surface area (Å²) >= 11 is 0. The molecule has 8 bridgehead atoms. The highest BCUT2D eigenvalue weighted by molar-refractivity contribution is 6.17. The van der Waals surface area contributed by atoms with Crippen molar-refractivity contribution in [2.75, 3.05) is 0 Å². The Labute approximate surface area is 494 Å². The van der Waals surface area contributed by atoms with Crippen molar-refractivity contribution in [2.24, 2.45) is 56.4 Å². The van der Waals surface area contributed by atoms with Crippen LogP contribution in [-0.4, -0.2) is 38.2 Å². The summed E-state index contributed by atoms with van der Waals surface area (Å²) < 4.78 is 18.2. The van der Waals surface area contributed by atoms with Crippen LogP contribution < -0.4 is 18.3 Å². The van der Waals surface area contributed by atoms with E-state index in [2.05, 4.69) is 308 Å². The zero-order valence-corrected chi connectivity index (χ0v) is 53.0. The number of imidazole rings is 4. The molecule has 3 aliphatic rings. The van der Waals surface area contributed by atoms with E-state index in [1.165, 1.54) is 22.3 Å². The first-order valence-electron chi connectivity index (χ1n) is 29.6. The normalized spacial score (nSPS) is 13.0. The molecule has 0 radical (unpaired) electrons. The summed E-state index contributed by atoms with van der Waals surface area (Å²) in [5.74, 6) is 0. The Morgan fingerprint density at radius 2 is 0.571 bits per heavy atom. The Morgan fingerprint density at radius 1 is 0.321 bits per heavy atom. The molecule has 4 aromatic carbocycles. The molecule has 84 heavy (non-hydrogen) atoms. The van der Waals surface area contributed by atoms with E-state index in [4.69, 9.17) is 9.97 Å². The minimum absolute atomic E-state index is 0.0582. The molecule has 12 nitrogen and oxygen atoms in total. The van der Waals surface area contributed by atoms with Crippen LogP contribution in [0.25, 0.3) is 134 Å². The first kappa shape index (κ1) is 54.6. The van der Waals surface area contributed by atoms with Crippen LogP contribution >= 0.6 is 0 Å². The number of aryl methyl sites for hydroxylation is 8. The summed E-state index contributed by atoms with van der Waals surface area (Å²) in [5, 5.41) is 0. The van der Waals surface area contributed by atoms with E-state index in [-0.39, 0.29) is 21.7 Å². The van der Waals surface area contributed by atoms with E-state index in [9.17, 15) is 0 Å². The van der Waals surface area contributed by atoms with Gasteiger partial charge in [0, 0.05) is 22.3 Å². The Bertz CT molecular complexity index is 4140. The zero-order valence-electron chi connectivity index (χ0n) is 53.0. The van der Waals surface area contributed by atoms with Gasteiger partial charge in [-0.05, 0) is 66.2 Å². The van der Waals surface area contributed by atoms with Gasteiger partial charge in [0.15, 0.2) is 22.1 Å². The molecular weight excluding hydrogens is 1030 g/mol. The van der Waals surface area contributed by atoms with Gasteiger partial charge in [-0.15, -0.1) is 0 Å². The molecule has 0 saturated carbocycles. The van der Waals surface area contributed by atoms with Crippen LogP contribution in [0.1, 0.15) is 105 Å². The van der Waals surface area contributed by atoms with Crippen LogP contribution in [-0.2, 0) is 78.0 Å². The standard InChI is InChI=1S/C72H82N12/c1-69(2,3)45-29-21-41(22-30-45)49-53-61-63(79(15)37-77(61)13)55(73-53)50(42-23-31-46(32-24-42)70(4,5)6)57-65-67(83(19)39-81(65)17)59(75-57)52(44-27-35-48(36-28-44)72(10,11)12)60-68-66(82(18)40-84(68)20)58(76-60)51(43-25-33-47(34-26-43)71(7,8)9)56-64-62(54(49)74-56)78(14)38-80(64)16/h21-40,73,76H,1-20H3/q+4. The van der Waals surface area contributed by atoms with Crippen molar-refractivity contribution in [3.8, 4) is 90.1 Å². The van der Waals surface area contributed by atoms with Crippen molar-refractivity contribution < 1.29 is 18.3 Å². The molecule has 2 aliphatic heterocycles. The minimum atomic E-state index is -0.0582. The zero-order chi connectivity index (χ0) is 59.8. The fraction of sp³-hybridized carbons (Fsp3) is 0.333. The number of hydrogen-bond acceptors (Lipinski definition) is 2. The average Bonchev–Trinajstić information content (AvgIpc) is 1.89. The summed E-state index contributed by atoms with van der Waals surface area (Å²) in [6, 6.07) is 37.0. The lowest BCUT2D eigenvalue weighted by Gasteiger charge is -2.19. The predicted molar refractivity (Wildman–Crippen MR) is 342 cm³/mol. The molecule has 6 aromatic heterocycles. The number of benzene rings is 4. The number of nitrogens with zero attached hydrogens (tertiary/aromatic N) is 10. The fourth-order valence-electron chi connectivity index (χ4n) is 13.6. The summed E-state index contributed by atoms with van der Waals surface area (Å²) in [6.45, 7) is 27.4. The quantitative estimate of drug-likeness (QED) is 0.172. The third kappa shape index (κ3) is 8.28. The molecule has 0 spiro atoms. The number of aromatic nitrogens is 12. The molecule has 13 rings (SSSR count). The van der Waals surface area contributed by atoms with Gasteiger partial charge in [0.2, 0.25) is 48.1 Å². The van der Waals surface area contributed by atoms with Crippen molar-refractivity contribution >= 4 is 44.1 Å². The molecule has 1 aliphatic carbocycles. The van der Waals surface area contributed by atoms with E-state index in [1.807, 2.05) is 0 Å². The van der Waals surface area contributed by atoms with Gasteiger partial charge in [0.05, 0.1) is 56.4 Å². The molecule has 0 atom stereocenters. The SMILES string of the molecule is Cn1c[n+](C)c2c1-c1nc-2c(-c2ccc(C(C)(C)C)cc2)c2[nH]c(c(-c3ccc(C(C)(C)C)cc3)c3nc(c(-c4ccc(C(C)(C)C)cc4)c4[nH]c(c1-c1ccc(C(C)(C)C)cc1)c1c4[n+](C)cn1C)-c1c-3[n+](C)cn1C)c1c2n(C)c[n+]1C. The van der Waals surface area contributed by atoms with E-state index >= 15 is 0 Å². The second-order valence-electron chi connectivity index (χ2n) is 28.3. The van der Waals surface area contributed by atoms with Crippen molar-refractivity contribution in [1.82, 2.24) is 38.2 Å². The van der Waals surface area contributed by atoms with Crippen molar-refractivity contribution in [3.05, 3.63) is 145 Å². The maximum atomic E-state index is 6.18. The second kappa shape index (κ2) is 18.4. The van der Waals surface area contributed by atoms with Crippen LogP contribution in [0.5, 0.6) is 0 Å². The van der Waals surface area contributed by atoms with E-state index in [0.717, 1.165) is 134 Å².